The van der Waals surface area contributed by atoms with Crippen molar-refractivity contribution in [2.45, 2.75) is 0 Å². The number of benzene rings is 1. The van der Waals surface area contributed by atoms with E-state index in [0.29, 0.717) is 4.88 Å². The first kappa shape index (κ1) is 14.7. The van der Waals surface area contributed by atoms with Gasteiger partial charge in [-0.1, -0.05) is 6.07 Å². The summed E-state index contributed by atoms with van der Waals surface area (Å²) in [5.74, 6) is -1.15. The van der Waals surface area contributed by atoms with Gasteiger partial charge in [0, 0.05) is 11.6 Å². The van der Waals surface area contributed by atoms with E-state index < -0.39 is 16.5 Å². The molecule has 0 aliphatic carbocycles. The molecule has 21 heavy (non-hydrogen) atoms. The number of nitro benzene ring substituents is 1. The average molecular weight is 306 g/mol. The van der Waals surface area contributed by atoms with Gasteiger partial charge in [-0.3, -0.25) is 19.7 Å². The Morgan fingerprint density at radius 2 is 2.10 bits per heavy atom. The molecule has 0 aliphatic rings. The van der Waals surface area contributed by atoms with E-state index in [0.717, 1.165) is 6.07 Å². The van der Waals surface area contributed by atoms with E-state index in [-0.39, 0.29) is 23.7 Å². The van der Waals surface area contributed by atoms with Crippen LogP contribution in [0.5, 0.6) is 5.75 Å². The van der Waals surface area contributed by atoms with Crippen molar-refractivity contribution in [2.24, 2.45) is 5.73 Å². The minimum absolute atomic E-state index is 0.00127. The van der Waals surface area contributed by atoms with Crippen molar-refractivity contribution in [1.29, 1.82) is 0 Å². The van der Waals surface area contributed by atoms with Gasteiger partial charge >= 0.3 is 5.69 Å². The van der Waals surface area contributed by atoms with Gasteiger partial charge in [-0.05, 0) is 23.6 Å². The molecule has 0 radical (unpaired) electrons. The number of nitrogens with zero attached hydrogens (tertiary/aromatic N) is 1. The van der Waals surface area contributed by atoms with E-state index in [4.69, 9.17) is 10.5 Å². The number of thiophene rings is 1. The van der Waals surface area contributed by atoms with Crippen LogP contribution in [0.15, 0.2) is 35.7 Å². The summed E-state index contributed by atoms with van der Waals surface area (Å²) in [6, 6.07) is 6.94. The van der Waals surface area contributed by atoms with Gasteiger partial charge in [-0.15, -0.1) is 11.3 Å². The highest BCUT2D eigenvalue weighted by molar-refractivity contribution is 7.12. The summed E-state index contributed by atoms with van der Waals surface area (Å²) in [6.45, 7) is -0.322. The molecule has 0 saturated carbocycles. The Balaban J connectivity index is 2.18. The first-order valence-electron chi connectivity index (χ1n) is 5.77. The number of carbonyl (C=O) groups is 2. The maximum absolute atomic E-state index is 11.8. The molecule has 2 N–H and O–H groups in total. The molecule has 0 unspecified atom stereocenters. The number of primary amides is 1. The van der Waals surface area contributed by atoms with E-state index >= 15 is 0 Å². The molecule has 1 amide bonds. The number of amides is 1. The van der Waals surface area contributed by atoms with Crippen LogP contribution >= 0.6 is 11.3 Å². The number of rotatable bonds is 6. The monoisotopic (exact) mass is 306 g/mol. The zero-order valence-corrected chi connectivity index (χ0v) is 11.5. The summed E-state index contributed by atoms with van der Waals surface area (Å²) in [7, 11) is 0. The normalized spacial score (nSPS) is 10.1. The predicted molar refractivity (Wildman–Crippen MR) is 75.8 cm³/mol. The molecule has 108 valence electrons. The van der Waals surface area contributed by atoms with E-state index in [1.807, 2.05) is 0 Å². The van der Waals surface area contributed by atoms with Crippen LogP contribution in [0.4, 0.5) is 5.69 Å². The summed E-state index contributed by atoms with van der Waals surface area (Å²) in [5.41, 5.74) is 4.65. The Hall–Kier alpha value is -2.74. The van der Waals surface area contributed by atoms with Crippen LogP contribution < -0.4 is 10.5 Å². The van der Waals surface area contributed by atoms with Crippen LogP contribution in [-0.2, 0) is 0 Å². The molecule has 7 nitrogen and oxygen atoms in total. The smallest absolute Gasteiger partial charge is 0.311 e. The second kappa shape index (κ2) is 6.14. The van der Waals surface area contributed by atoms with Gasteiger partial charge in [0.15, 0.2) is 12.4 Å². The second-order valence-electron chi connectivity index (χ2n) is 3.99. The summed E-state index contributed by atoms with van der Waals surface area (Å²) in [4.78, 5) is 33.6. The maximum Gasteiger partial charge on any atom is 0.311 e. The van der Waals surface area contributed by atoms with Gasteiger partial charge < -0.3 is 10.5 Å². The highest BCUT2D eigenvalue weighted by Gasteiger charge is 2.19. The molecule has 8 heteroatoms. The van der Waals surface area contributed by atoms with Crippen molar-refractivity contribution in [1.82, 2.24) is 0 Å². The number of nitrogens with two attached hydrogens (primary N) is 1. The van der Waals surface area contributed by atoms with Crippen LogP contribution in [0.3, 0.4) is 0 Å². The average Bonchev–Trinajstić information content (AvgIpc) is 2.98. The van der Waals surface area contributed by atoms with E-state index in [1.165, 1.54) is 23.5 Å². The third kappa shape index (κ3) is 3.42. The zero-order chi connectivity index (χ0) is 15.4. The number of Topliss-reactive ketones (excluding diaryl/α,β-unsaturated/α-hetero) is 1. The molecule has 2 aromatic rings. The highest BCUT2D eigenvalue weighted by Crippen LogP contribution is 2.28. The van der Waals surface area contributed by atoms with Gasteiger partial charge in [0.1, 0.15) is 0 Å². The molecule has 0 fully saturated rings. The van der Waals surface area contributed by atoms with Crippen LogP contribution in [0.1, 0.15) is 20.0 Å². The number of nitro groups is 1. The largest absolute Gasteiger partial charge is 0.478 e. The summed E-state index contributed by atoms with van der Waals surface area (Å²) < 4.78 is 5.18. The number of ketones is 1. The minimum atomic E-state index is -0.778. The summed E-state index contributed by atoms with van der Waals surface area (Å²) in [6.07, 6.45) is 0. The van der Waals surface area contributed by atoms with Gasteiger partial charge in [-0.25, -0.2) is 0 Å². The molecule has 2 rings (SSSR count). The van der Waals surface area contributed by atoms with Crippen LogP contribution in [0, 0.1) is 10.1 Å². The van der Waals surface area contributed by atoms with Crippen LogP contribution in [0.25, 0.3) is 0 Å². The quantitative estimate of drug-likeness (QED) is 0.498. The number of hydrogen-bond acceptors (Lipinski definition) is 6. The SMILES string of the molecule is NC(=O)c1ccc(OCC(=O)c2cccs2)c([N+](=O)[O-])c1. The fraction of sp³-hybridized carbons (Fsp3) is 0.0769. The lowest BCUT2D eigenvalue weighted by Gasteiger charge is -2.06. The fourth-order valence-electron chi connectivity index (χ4n) is 1.59. The summed E-state index contributed by atoms with van der Waals surface area (Å²) in [5, 5.41) is 12.7. The van der Waals surface area contributed by atoms with E-state index in [9.17, 15) is 19.7 Å². The van der Waals surface area contributed by atoms with Crippen molar-refractivity contribution in [3.8, 4) is 5.75 Å². The van der Waals surface area contributed by atoms with Gasteiger partial charge in [-0.2, -0.15) is 0 Å². The lowest BCUT2D eigenvalue weighted by atomic mass is 10.2. The van der Waals surface area contributed by atoms with Crippen molar-refractivity contribution in [2.75, 3.05) is 6.61 Å². The third-order valence-electron chi connectivity index (χ3n) is 2.59. The fourth-order valence-corrected chi connectivity index (χ4v) is 2.24. The Labute approximate surface area is 123 Å². The van der Waals surface area contributed by atoms with Crippen molar-refractivity contribution >= 4 is 28.7 Å². The maximum atomic E-state index is 11.8. The number of hydrogen-bond donors (Lipinski definition) is 1. The Bertz CT molecular complexity index is 697. The molecule has 0 bridgehead atoms. The van der Waals surface area contributed by atoms with Crippen molar-refractivity contribution < 1.29 is 19.2 Å². The van der Waals surface area contributed by atoms with Crippen molar-refractivity contribution in [3.63, 3.8) is 0 Å². The minimum Gasteiger partial charge on any atom is -0.478 e. The molecule has 0 aliphatic heterocycles. The van der Waals surface area contributed by atoms with Crippen LogP contribution in [-0.4, -0.2) is 23.2 Å². The standard InChI is InChI=1S/C13H10N2O5S/c14-13(17)8-3-4-11(9(6-8)15(18)19)20-7-10(16)12-2-1-5-21-12/h1-6H,7H2,(H2,14,17). The second-order valence-corrected chi connectivity index (χ2v) is 4.94. The Morgan fingerprint density at radius 1 is 1.33 bits per heavy atom. The molecule has 1 aromatic carbocycles. The molecule has 0 atom stereocenters. The summed E-state index contributed by atoms with van der Waals surface area (Å²) >= 11 is 1.26. The molecule has 0 spiro atoms. The molecular weight excluding hydrogens is 296 g/mol. The predicted octanol–water partition coefficient (Wildman–Crippen LogP) is 2.02. The lowest BCUT2D eigenvalue weighted by molar-refractivity contribution is -0.385. The molecule has 0 saturated heterocycles. The molecule has 1 heterocycles. The van der Waals surface area contributed by atoms with Crippen LogP contribution in [0.2, 0.25) is 0 Å². The van der Waals surface area contributed by atoms with Crippen molar-refractivity contribution in [3.05, 3.63) is 56.3 Å². The highest BCUT2D eigenvalue weighted by atomic mass is 32.1. The molecule has 1 aromatic heterocycles. The first-order valence-corrected chi connectivity index (χ1v) is 6.64. The third-order valence-corrected chi connectivity index (χ3v) is 3.51. The van der Waals surface area contributed by atoms with E-state index in [2.05, 4.69) is 0 Å². The first-order chi connectivity index (χ1) is 9.99. The topological polar surface area (TPSA) is 113 Å². The van der Waals surface area contributed by atoms with Gasteiger partial charge in [0.05, 0.1) is 9.80 Å². The zero-order valence-electron chi connectivity index (χ0n) is 10.6. The lowest BCUT2D eigenvalue weighted by Crippen LogP contribution is -2.13. The Morgan fingerprint density at radius 3 is 2.67 bits per heavy atom. The van der Waals surface area contributed by atoms with Gasteiger partial charge in [0.25, 0.3) is 0 Å². The van der Waals surface area contributed by atoms with E-state index in [1.54, 1.807) is 17.5 Å². The number of carbonyl (C=O) groups excluding carboxylic acids is 2. The van der Waals surface area contributed by atoms with Gasteiger partial charge in [0.2, 0.25) is 11.7 Å². The Kier molecular flexibility index (Phi) is 4.29. The number of ether oxygens (including phenoxy) is 1. The molecular formula is C13H10N2O5S.